The van der Waals surface area contributed by atoms with Gasteiger partial charge in [-0.05, 0) is 29.2 Å². The second-order valence-corrected chi connectivity index (χ2v) is 8.72. The van der Waals surface area contributed by atoms with Gasteiger partial charge < -0.3 is 30.0 Å². The van der Waals surface area contributed by atoms with Crippen molar-refractivity contribution in [3.05, 3.63) is 58.7 Å². The van der Waals surface area contributed by atoms with E-state index in [4.69, 9.17) is 9.72 Å². The smallest absolute Gasteiger partial charge is 0.550 e. The van der Waals surface area contributed by atoms with Crippen LogP contribution in [0.4, 0.5) is 4.39 Å². The molecule has 0 aliphatic heterocycles. The van der Waals surface area contributed by atoms with Crippen molar-refractivity contribution in [1.29, 1.82) is 0 Å². The third-order valence-electron chi connectivity index (χ3n) is 5.51. The number of methoxy groups -OCH3 is 1. The van der Waals surface area contributed by atoms with Crippen LogP contribution in [0.3, 0.4) is 0 Å². The van der Waals surface area contributed by atoms with E-state index in [1.54, 1.807) is 25.3 Å². The van der Waals surface area contributed by atoms with Gasteiger partial charge >= 0.3 is 29.6 Å². The minimum absolute atomic E-state index is 0. The summed E-state index contributed by atoms with van der Waals surface area (Å²) in [6.07, 6.45) is 0.0456. The number of ether oxygens (including phenoxy) is 1. The van der Waals surface area contributed by atoms with Crippen molar-refractivity contribution in [2.75, 3.05) is 13.7 Å². The third kappa shape index (κ3) is 8.75. The van der Waals surface area contributed by atoms with Crippen LogP contribution in [0.5, 0.6) is 0 Å². The van der Waals surface area contributed by atoms with E-state index in [0.717, 1.165) is 16.7 Å². The number of rotatable bonds is 12. The molecular formula is C26H33FNNaO6. The Morgan fingerprint density at radius 2 is 1.80 bits per heavy atom. The predicted molar refractivity (Wildman–Crippen MR) is 125 cm³/mol. The van der Waals surface area contributed by atoms with Gasteiger partial charge in [0.15, 0.2) is 0 Å². The van der Waals surface area contributed by atoms with Gasteiger partial charge in [0.25, 0.3) is 0 Å². The topological polar surface area (TPSA) is 123 Å². The molecule has 0 radical (unpaired) electrons. The molecule has 1 aromatic carbocycles. The summed E-state index contributed by atoms with van der Waals surface area (Å²) in [5.41, 5.74) is 4.29. The standard InChI is InChI=1S/C26H34FNO6.Na/c1-15(2)25-21(10-9-19(30)11-20(31)12-23(32)33)24(17-5-7-18(27)8-6-17)22(14-34-4)26(28-25)16(3)13-29;/h5-10,15-16,19-20,29-31H,11-14H2,1-4H3,(H,32,33);/q;+1/p-1/b10-9+;/t16-,19-,20-;/m1./s1. The molecule has 7 nitrogen and oxygen atoms in total. The molecule has 0 aliphatic carbocycles. The summed E-state index contributed by atoms with van der Waals surface area (Å²) >= 11 is 0. The Morgan fingerprint density at radius 1 is 1.17 bits per heavy atom. The number of nitrogens with zero attached hydrogens (tertiary/aromatic N) is 1. The van der Waals surface area contributed by atoms with Gasteiger partial charge in [0.2, 0.25) is 0 Å². The Bertz CT molecular complexity index is 996. The number of aliphatic hydroxyl groups excluding tert-OH is 3. The zero-order chi connectivity index (χ0) is 25.4. The van der Waals surface area contributed by atoms with E-state index in [1.165, 1.54) is 18.2 Å². The fourth-order valence-corrected chi connectivity index (χ4v) is 3.86. The molecule has 0 aliphatic rings. The Morgan fingerprint density at radius 3 is 2.31 bits per heavy atom. The first-order valence-electron chi connectivity index (χ1n) is 11.3. The average molecular weight is 498 g/mol. The Balaban J connectivity index is 0.00000612. The van der Waals surface area contributed by atoms with Gasteiger partial charge in [-0.25, -0.2) is 4.39 Å². The summed E-state index contributed by atoms with van der Waals surface area (Å²) in [5, 5.41) is 40.8. The van der Waals surface area contributed by atoms with Crippen LogP contribution >= 0.6 is 0 Å². The number of pyridine rings is 1. The van der Waals surface area contributed by atoms with Crippen molar-refractivity contribution < 1.29 is 63.9 Å². The van der Waals surface area contributed by atoms with Gasteiger partial charge in [-0.1, -0.05) is 45.1 Å². The summed E-state index contributed by atoms with van der Waals surface area (Å²) in [7, 11) is 1.55. The molecule has 35 heavy (non-hydrogen) atoms. The molecule has 0 bridgehead atoms. The van der Waals surface area contributed by atoms with E-state index < -0.39 is 24.6 Å². The maximum absolute atomic E-state index is 13.7. The van der Waals surface area contributed by atoms with Crippen LogP contribution in [0, 0.1) is 5.82 Å². The summed E-state index contributed by atoms with van der Waals surface area (Å²) in [6, 6.07) is 6.02. The van der Waals surface area contributed by atoms with E-state index in [-0.39, 0.29) is 66.8 Å². The van der Waals surface area contributed by atoms with Crippen LogP contribution < -0.4 is 34.7 Å². The molecule has 0 saturated heterocycles. The van der Waals surface area contributed by atoms with Crippen molar-refractivity contribution in [2.24, 2.45) is 0 Å². The Hall–Kier alpha value is -1.65. The zero-order valence-corrected chi connectivity index (χ0v) is 23.0. The van der Waals surface area contributed by atoms with Gasteiger partial charge in [0.05, 0.1) is 36.8 Å². The summed E-state index contributed by atoms with van der Waals surface area (Å²) in [4.78, 5) is 15.6. The molecule has 186 valence electrons. The van der Waals surface area contributed by atoms with Gasteiger partial charge in [0.1, 0.15) is 5.82 Å². The molecule has 2 rings (SSSR count). The van der Waals surface area contributed by atoms with Crippen LogP contribution in [0.1, 0.15) is 68.0 Å². The number of benzene rings is 1. The van der Waals surface area contributed by atoms with E-state index in [9.17, 15) is 29.6 Å². The quantitative estimate of drug-likeness (QED) is 0.339. The molecule has 1 aromatic heterocycles. The third-order valence-corrected chi connectivity index (χ3v) is 5.51. The first kappa shape index (κ1) is 31.4. The molecule has 1 heterocycles. The van der Waals surface area contributed by atoms with Gasteiger partial charge in [-0.15, -0.1) is 0 Å². The van der Waals surface area contributed by atoms with E-state index in [1.807, 2.05) is 20.8 Å². The number of aliphatic carboxylic acids is 1. The summed E-state index contributed by atoms with van der Waals surface area (Å²) in [6.45, 7) is 5.88. The van der Waals surface area contributed by atoms with Crippen molar-refractivity contribution >= 4 is 12.0 Å². The molecule has 2 aromatic rings. The molecule has 9 heteroatoms. The van der Waals surface area contributed by atoms with Crippen LogP contribution in [0.2, 0.25) is 0 Å². The number of carboxylic acid groups (broad SMARTS) is 1. The predicted octanol–water partition coefficient (Wildman–Crippen LogP) is -0.478. The Kier molecular flexibility index (Phi) is 13.3. The Labute approximate surface area is 228 Å². The fraction of sp³-hybridized carbons (Fsp3) is 0.462. The molecule has 3 atom stereocenters. The number of aliphatic hydroxyl groups is 3. The maximum atomic E-state index is 13.7. The van der Waals surface area contributed by atoms with Crippen molar-refractivity contribution in [2.45, 2.75) is 64.3 Å². The second-order valence-electron chi connectivity index (χ2n) is 8.72. The van der Waals surface area contributed by atoms with E-state index >= 15 is 0 Å². The SMILES string of the molecule is COCc1c([C@H](C)CO)nc(C(C)C)c(/C=C/[C@@H](O)C[C@@H](O)CC(=O)[O-])c1-c1ccc(F)cc1.[Na+]. The van der Waals surface area contributed by atoms with Crippen molar-refractivity contribution in [3.8, 4) is 11.1 Å². The second kappa shape index (κ2) is 14.8. The number of aromatic nitrogens is 1. The van der Waals surface area contributed by atoms with Crippen LogP contribution in [-0.2, 0) is 16.1 Å². The average Bonchev–Trinajstić information content (AvgIpc) is 2.77. The van der Waals surface area contributed by atoms with Crippen LogP contribution in [-0.4, -0.2) is 52.2 Å². The molecule has 0 spiro atoms. The number of carbonyl (C=O) groups is 1. The minimum atomic E-state index is -1.40. The number of halogens is 1. The maximum Gasteiger partial charge on any atom is 1.00 e. The normalized spacial score (nSPS) is 14.1. The first-order valence-corrected chi connectivity index (χ1v) is 11.3. The van der Waals surface area contributed by atoms with Gasteiger partial charge in [-0.2, -0.15) is 0 Å². The van der Waals surface area contributed by atoms with Crippen LogP contribution in [0.25, 0.3) is 17.2 Å². The summed E-state index contributed by atoms with van der Waals surface area (Å²) < 4.78 is 19.2. The number of carboxylic acids is 1. The number of carbonyl (C=O) groups excluding carboxylic acids is 1. The van der Waals surface area contributed by atoms with E-state index in [0.29, 0.717) is 17.0 Å². The zero-order valence-electron chi connectivity index (χ0n) is 21.0. The van der Waals surface area contributed by atoms with Crippen LogP contribution in [0.15, 0.2) is 30.3 Å². The largest absolute Gasteiger partial charge is 1.00 e. The minimum Gasteiger partial charge on any atom is -0.550 e. The molecule has 0 amide bonds. The molecule has 0 fully saturated rings. The molecule has 3 N–H and O–H groups in total. The van der Waals surface area contributed by atoms with Crippen molar-refractivity contribution in [3.63, 3.8) is 0 Å². The van der Waals surface area contributed by atoms with Gasteiger partial charge in [-0.3, -0.25) is 4.98 Å². The summed E-state index contributed by atoms with van der Waals surface area (Å²) in [5.74, 6) is -2.08. The first-order chi connectivity index (χ1) is 16.1. The molecule has 0 saturated carbocycles. The molecular weight excluding hydrogens is 464 g/mol. The van der Waals surface area contributed by atoms with Crippen molar-refractivity contribution in [1.82, 2.24) is 4.98 Å². The van der Waals surface area contributed by atoms with E-state index in [2.05, 4.69) is 0 Å². The molecule has 0 unspecified atom stereocenters. The fourth-order valence-electron chi connectivity index (χ4n) is 3.86. The number of hydrogen-bond acceptors (Lipinski definition) is 7. The number of hydrogen-bond donors (Lipinski definition) is 3. The monoisotopic (exact) mass is 497 g/mol. The van der Waals surface area contributed by atoms with Gasteiger partial charge in [0, 0.05) is 43.0 Å².